The quantitative estimate of drug-likeness (QED) is 0.509. The van der Waals surface area contributed by atoms with Crippen LogP contribution in [0.25, 0.3) is 0 Å². The van der Waals surface area contributed by atoms with Crippen molar-refractivity contribution in [3.8, 4) is 0 Å². The van der Waals surface area contributed by atoms with Crippen LogP contribution >= 0.6 is 0 Å². The van der Waals surface area contributed by atoms with E-state index in [2.05, 4.69) is 32.0 Å². The van der Waals surface area contributed by atoms with Gasteiger partial charge in [-0.15, -0.1) is 0 Å². The first-order valence-corrected chi connectivity index (χ1v) is 13.4. The molecule has 0 aromatic carbocycles. The van der Waals surface area contributed by atoms with Gasteiger partial charge in [0.25, 0.3) is 0 Å². The summed E-state index contributed by atoms with van der Waals surface area (Å²) in [7, 11) is 0. The Morgan fingerprint density at radius 1 is 0.933 bits per heavy atom. The molecule has 8 unspecified atom stereocenters. The standard InChI is InChI=1S/C28H43NO/c1-18-11-13-27(2)20(15-18)7-8-22-23-9-10-25(28(23,3)14-12-24(22)27)26-17-21(30-29-26)16-19-5-4-6-19/h17-20,22-25H,4-16H2,1-3H3. The summed E-state index contributed by atoms with van der Waals surface area (Å²) in [6, 6.07) is 2.36. The lowest BCUT2D eigenvalue weighted by molar-refractivity contribution is -0.112. The molecule has 0 radical (unpaired) electrons. The Kier molecular flexibility index (Phi) is 4.71. The smallest absolute Gasteiger partial charge is 0.137 e. The summed E-state index contributed by atoms with van der Waals surface area (Å²) in [6.45, 7) is 7.85. The lowest BCUT2D eigenvalue weighted by Crippen LogP contribution is -2.53. The second kappa shape index (κ2) is 7.11. The van der Waals surface area contributed by atoms with E-state index < -0.39 is 0 Å². The lowest BCUT2D eigenvalue weighted by atomic mass is 9.44. The fourth-order valence-corrected chi connectivity index (χ4v) is 9.53. The van der Waals surface area contributed by atoms with E-state index in [0.717, 1.165) is 41.9 Å². The third-order valence-corrected chi connectivity index (χ3v) is 11.6. The van der Waals surface area contributed by atoms with Crippen LogP contribution in [0.1, 0.15) is 115 Å². The minimum atomic E-state index is 0.455. The number of aromatic nitrogens is 1. The maximum absolute atomic E-state index is 5.86. The maximum atomic E-state index is 5.86. The molecule has 0 aliphatic heterocycles. The molecular formula is C28H43NO. The molecule has 6 rings (SSSR count). The van der Waals surface area contributed by atoms with Crippen LogP contribution in [0.5, 0.6) is 0 Å². The predicted molar refractivity (Wildman–Crippen MR) is 121 cm³/mol. The molecule has 5 fully saturated rings. The minimum absolute atomic E-state index is 0.455. The van der Waals surface area contributed by atoms with Crippen LogP contribution in [-0.4, -0.2) is 5.16 Å². The summed E-state index contributed by atoms with van der Waals surface area (Å²) in [4.78, 5) is 0. The highest BCUT2D eigenvalue weighted by atomic mass is 16.5. The van der Waals surface area contributed by atoms with E-state index in [4.69, 9.17) is 4.52 Å². The molecule has 1 aromatic rings. The first-order valence-electron chi connectivity index (χ1n) is 13.4. The van der Waals surface area contributed by atoms with Gasteiger partial charge in [-0.25, -0.2) is 0 Å². The summed E-state index contributed by atoms with van der Waals surface area (Å²) in [5, 5.41) is 4.66. The van der Waals surface area contributed by atoms with Gasteiger partial charge in [0.1, 0.15) is 5.76 Å². The van der Waals surface area contributed by atoms with Crippen molar-refractivity contribution >= 4 is 0 Å². The zero-order valence-corrected chi connectivity index (χ0v) is 19.7. The van der Waals surface area contributed by atoms with Gasteiger partial charge < -0.3 is 4.52 Å². The Hall–Kier alpha value is -0.790. The van der Waals surface area contributed by atoms with Crippen molar-refractivity contribution in [1.82, 2.24) is 5.16 Å². The van der Waals surface area contributed by atoms with Gasteiger partial charge in [-0.2, -0.15) is 0 Å². The molecule has 1 heterocycles. The Labute approximate surface area is 183 Å². The first-order chi connectivity index (χ1) is 14.5. The lowest BCUT2D eigenvalue weighted by Gasteiger charge is -2.61. The zero-order chi connectivity index (χ0) is 20.5. The highest BCUT2D eigenvalue weighted by Crippen LogP contribution is 2.69. The van der Waals surface area contributed by atoms with Gasteiger partial charge in [-0.05, 0) is 97.7 Å². The molecule has 0 saturated heterocycles. The zero-order valence-electron chi connectivity index (χ0n) is 19.7. The number of fused-ring (bicyclic) bond motifs is 5. The monoisotopic (exact) mass is 409 g/mol. The number of rotatable bonds is 3. The van der Waals surface area contributed by atoms with Crippen LogP contribution in [-0.2, 0) is 6.42 Å². The molecule has 1 aromatic heterocycles. The molecule has 2 heteroatoms. The van der Waals surface area contributed by atoms with Crippen molar-refractivity contribution in [2.24, 2.45) is 46.3 Å². The molecule has 30 heavy (non-hydrogen) atoms. The van der Waals surface area contributed by atoms with E-state index in [-0.39, 0.29) is 0 Å². The highest BCUT2D eigenvalue weighted by Gasteiger charge is 2.60. The molecule has 0 N–H and O–H groups in total. The van der Waals surface area contributed by atoms with Crippen molar-refractivity contribution in [1.29, 1.82) is 0 Å². The van der Waals surface area contributed by atoms with Gasteiger partial charge in [-0.3, -0.25) is 0 Å². The van der Waals surface area contributed by atoms with Crippen molar-refractivity contribution in [2.45, 2.75) is 110 Å². The molecule has 8 atom stereocenters. The summed E-state index contributed by atoms with van der Waals surface area (Å²) in [6.07, 6.45) is 18.5. The molecule has 0 amide bonds. The number of hydrogen-bond acceptors (Lipinski definition) is 2. The summed E-state index contributed by atoms with van der Waals surface area (Å²) < 4.78 is 5.86. The summed E-state index contributed by atoms with van der Waals surface area (Å²) in [5.74, 6) is 7.53. The first kappa shape index (κ1) is 19.9. The normalized spacial score (nSPS) is 48.5. The van der Waals surface area contributed by atoms with Crippen LogP contribution in [0.2, 0.25) is 0 Å². The van der Waals surface area contributed by atoms with Crippen LogP contribution in [0.15, 0.2) is 10.6 Å². The maximum Gasteiger partial charge on any atom is 0.137 e. The molecule has 166 valence electrons. The summed E-state index contributed by atoms with van der Waals surface area (Å²) >= 11 is 0. The molecule has 5 aliphatic carbocycles. The Morgan fingerprint density at radius 2 is 1.73 bits per heavy atom. The van der Waals surface area contributed by atoms with Crippen molar-refractivity contribution in [3.63, 3.8) is 0 Å². The second-order valence-electron chi connectivity index (χ2n) is 12.9. The molecule has 0 spiro atoms. The average molecular weight is 410 g/mol. The van der Waals surface area contributed by atoms with Crippen LogP contribution in [0, 0.1) is 46.3 Å². The Balaban J connectivity index is 1.22. The number of hydrogen-bond donors (Lipinski definition) is 0. The van der Waals surface area contributed by atoms with Gasteiger partial charge in [-0.1, -0.05) is 51.6 Å². The fourth-order valence-electron chi connectivity index (χ4n) is 9.53. The predicted octanol–water partition coefficient (Wildman–Crippen LogP) is 7.78. The van der Waals surface area contributed by atoms with Crippen LogP contribution < -0.4 is 0 Å². The van der Waals surface area contributed by atoms with Crippen LogP contribution in [0.3, 0.4) is 0 Å². The fraction of sp³-hybridized carbons (Fsp3) is 0.893. The minimum Gasteiger partial charge on any atom is -0.361 e. The van der Waals surface area contributed by atoms with Crippen molar-refractivity contribution in [3.05, 3.63) is 17.5 Å². The topological polar surface area (TPSA) is 26.0 Å². The molecule has 5 aliphatic rings. The molecule has 5 saturated carbocycles. The third kappa shape index (κ3) is 2.91. The average Bonchev–Trinajstić information content (AvgIpc) is 3.28. The Morgan fingerprint density at radius 3 is 2.53 bits per heavy atom. The van der Waals surface area contributed by atoms with Crippen molar-refractivity contribution in [2.75, 3.05) is 0 Å². The molecule has 0 bridgehead atoms. The van der Waals surface area contributed by atoms with Crippen molar-refractivity contribution < 1.29 is 4.52 Å². The van der Waals surface area contributed by atoms with E-state index in [9.17, 15) is 0 Å². The van der Waals surface area contributed by atoms with Gasteiger partial charge in [0.2, 0.25) is 0 Å². The third-order valence-electron chi connectivity index (χ3n) is 11.6. The van der Waals surface area contributed by atoms with Gasteiger partial charge >= 0.3 is 0 Å². The largest absolute Gasteiger partial charge is 0.361 e. The van der Waals surface area contributed by atoms with Gasteiger partial charge in [0.05, 0.1) is 5.69 Å². The van der Waals surface area contributed by atoms with Gasteiger partial charge in [0, 0.05) is 18.4 Å². The molecule has 2 nitrogen and oxygen atoms in total. The molecular weight excluding hydrogens is 366 g/mol. The highest BCUT2D eigenvalue weighted by molar-refractivity contribution is 5.21. The van der Waals surface area contributed by atoms with Crippen LogP contribution in [0.4, 0.5) is 0 Å². The van der Waals surface area contributed by atoms with E-state index in [1.807, 2.05) is 0 Å². The SMILES string of the molecule is CC1CCC2(C)C(CCC3C2CCC2(C)C(c4cc(CC5CCC5)on4)CCC32)C1. The number of nitrogens with zero attached hydrogens (tertiary/aromatic N) is 1. The Bertz CT molecular complexity index is 779. The second-order valence-corrected chi connectivity index (χ2v) is 12.9. The van der Waals surface area contributed by atoms with E-state index in [1.54, 1.807) is 0 Å². The van der Waals surface area contributed by atoms with E-state index >= 15 is 0 Å². The van der Waals surface area contributed by atoms with E-state index in [0.29, 0.717) is 16.7 Å². The van der Waals surface area contributed by atoms with Gasteiger partial charge in [0.15, 0.2) is 0 Å². The summed E-state index contributed by atoms with van der Waals surface area (Å²) in [5.41, 5.74) is 2.40. The van der Waals surface area contributed by atoms with E-state index in [1.165, 1.54) is 88.5 Å².